The molecule has 20 heavy (non-hydrogen) atoms. The molecule has 2 fully saturated rings. The number of hydrogen-bond acceptors (Lipinski definition) is 2. The van der Waals surface area contributed by atoms with Crippen LogP contribution in [-0.4, -0.2) is 36.0 Å². The molecule has 4 heteroatoms. The predicted molar refractivity (Wildman–Crippen MR) is 81.1 cm³/mol. The minimum Gasteiger partial charge on any atom is -0.349 e. The molecule has 3 nitrogen and oxygen atoms in total. The van der Waals surface area contributed by atoms with Gasteiger partial charge in [-0.15, -0.1) is 0 Å². The highest BCUT2D eigenvalue weighted by atomic mass is 35.5. The van der Waals surface area contributed by atoms with E-state index in [0.29, 0.717) is 11.4 Å². The van der Waals surface area contributed by atoms with E-state index < -0.39 is 0 Å². The van der Waals surface area contributed by atoms with Crippen LogP contribution in [-0.2, 0) is 11.2 Å². The minimum atomic E-state index is 0.0483. The maximum Gasteiger partial charge on any atom is 0.224 e. The number of hydrogen-bond donors (Lipinski definition) is 1. The molecule has 0 aromatic heterocycles. The maximum atomic E-state index is 12.3. The molecule has 1 saturated heterocycles. The van der Waals surface area contributed by atoms with Crippen LogP contribution in [0.5, 0.6) is 0 Å². The zero-order valence-electron chi connectivity index (χ0n) is 11.9. The standard InChI is InChI=1S/C16H21ClN2O/c1-12-4-2-5-14(17)13(12)10-15(20)18-16(6-7-16)11-19-8-3-9-19/h2,4-5H,3,6-11H2,1H3,(H,18,20). The SMILES string of the molecule is Cc1cccc(Cl)c1CC(=O)NC1(CN2CCC2)CC1. The van der Waals surface area contributed by atoms with Gasteiger partial charge >= 0.3 is 0 Å². The molecular weight excluding hydrogens is 272 g/mol. The van der Waals surface area contributed by atoms with Crippen LogP contribution in [0, 0.1) is 6.92 Å². The summed E-state index contributed by atoms with van der Waals surface area (Å²) in [7, 11) is 0. The molecule has 0 radical (unpaired) electrons. The molecule has 3 rings (SSSR count). The molecule has 0 bridgehead atoms. The molecule has 0 unspecified atom stereocenters. The van der Waals surface area contributed by atoms with Crippen molar-refractivity contribution in [1.29, 1.82) is 0 Å². The first kappa shape index (κ1) is 13.9. The molecule has 2 aliphatic rings. The number of amides is 1. The van der Waals surface area contributed by atoms with Crippen molar-refractivity contribution in [2.24, 2.45) is 0 Å². The van der Waals surface area contributed by atoms with Crippen molar-refractivity contribution in [2.45, 2.75) is 38.1 Å². The number of carbonyl (C=O) groups excluding carboxylic acids is 1. The Morgan fingerprint density at radius 1 is 1.40 bits per heavy atom. The predicted octanol–water partition coefficient (Wildman–Crippen LogP) is 2.55. The van der Waals surface area contributed by atoms with Crippen LogP contribution in [0.15, 0.2) is 18.2 Å². The molecule has 1 aromatic rings. The largest absolute Gasteiger partial charge is 0.349 e. The second kappa shape index (κ2) is 5.38. The smallest absolute Gasteiger partial charge is 0.224 e. The number of rotatable bonds is 5. The average Bonchev–Trinajstić information content (AvgIpc) is 3.09. The van der Waals surface area contributed by atoms with Gasteiger partial charge in [-0.1, -0.05) is 23.7 Å². The quantitative estimate of drug-likeness (QED) is 0.904. The minimum absolute atomic E-state index is 0.0483. The summed E-state index contributed by atoms with van der Waals surface area (Å²) in [5.74, 6) is 0.0965. The Hall–Kier alpha value is -1.06. The molecule has 1 aliphatic carbocycles. The zero-order chi connectivity index (χ0) is 14.2. The third-order valence-corrected chi connectivity index (χ3v) is 4.78. The van der Waals surface area contributed by atoms with Crippen LogP contribution in [0.4, 0.5) is 0 Å². The van der Waals surface area contributed by atoms with Gasteiger partial charge in [0.15, 0.2) is 0 Å². The Morgan fingerprint density at radius 3 is 2.70 bits per heavy atom. The fourth-order valence-electron chi connectivity index (χ4n) is 2.83. The van der Waals surface area contributed by atoms with Crippen molar-refractivity contribution in [3.05, 3.63) is 34.3 Å². The Balaban J connectivity index is 1.59. The lowest BCUT2D eigenvalue weighted by Gasteiger charge is -2.34. The van der Waals surface area contributed by atoms with Crippen molar-refractivity contribution in [3.8, 4) is 0 Å². The van der Waals surface area contributed by atoms with E-state index in [1.807, 2.05) is 25.1 Å². The van der Waals surface area contributed by atoms with Crippen LogP contribution in [0.2, 0.25) is 5.02 Å². The van der Waals surface area contributed by atoms with Crippen molar-refractivity contribution in [1.82, 2.24) is 10.2 Å². The normalized spacial score (nSPS) is 20.3. The summed E-state index contributed by atoms with van der Waals surface area (Å²) in [6, 6.07) is 5.77. The molecule has 1 amide bonds. The lowest BCUT2D eigenvalue weighted by Crippen LogP contribution is -2.50. The summed E-state index contributed by atoms with van der Waals surface area (Å²) < 4.78 is 0. The van der Waals surface area contributed by atoms with Gasteiger partial charge in [0.05, 0.1) is 12.0 Å². The fourth-order valence-corrected chi connectivity index (χ4v) is 3.12. The highest BCUT2D eigenvalue weighted by Gasteiger charge is 2.45. The number of likely N-dealkylation sites (tertiary alicyclic amines) is 1. The van der Waals surface area contributed by atoms with Crippen LogP contribution in [0.25, 0.3) is 0 Å². The van der Waals surface area contributed by atoms with Gasteiger partial charge in [0.1, 0.15) is 0 Å². The van der Waals surface area contributed by atoms with E-state index in [-0.39, 0.29) is 11.4 Å². The third-order valence-electron chi connectivity index (χ3n) is 4.42. The number of halogens is 1. The van der Waals surface area contributed by atoms with E-state index in [2.05, 4.69) is 10.2 Å². The summed E-state index contributed by atoms with van der Waals surface area (Å²) in [5, 5.41) is 3.92. The molecule has 1 heterocycles. The Bertz CT molecular complexity index is 501. The van der Waals surface area contributed by atoms with Crippen LogP contribution in [0.3, 0.4) is 0 Å². The lowest BCUT2D eigenvalue weighted by molar-refractivity contribution is -0.121. The summed E-state index contributed by atoms with van der Waals surface area (Å²) in [6.07, 6.45) is 3.89. The summed E-state index contributed by atoms with van der Waals surface area (Å²) in [6.45, 7) is 5.38. The van der Waals surface area contributed by atoms with E-state index >= 15 is 0 Å². The summed E-state index contributed by atoms with van der Waals surface area (Å²) >= 11 is 6.19. The Morgan fingerprint density at radius 2 is 2.15 bits per heavy atom. The van der Waals surface area contributed by atoms with Crippen LogP contribution in [0.1, 0.15) is 30.4 Å². The van der Waals surface area contributed by atoms with Gasteiger partial charge in [0.25, 0.3) is 0 Å². The first-order valence-corrected chi connectivity index (χ1v) is 7.73. The van der Waals surface area contributed by atoms with Crippen molar-refractivity contribution in [2.75, 3.05) is 19.6 Å². The highest BCUT2D eigenvalue weighted by Crippen LogP contribution is 2.37. The van der Waals surface area contributed by atoms with E-state index in [1.54, 1.807) is 0 Å². The first-order valence-electron chi connectivity index (χ1n) is 7.35. The second-order valence-electron chi connectivity index (χ2n) is 6.17. The van der Waals surface area contributed by atoms with E-state index in [0.717, 1.165) is 30.5 Å². The molecule has 1 aromatic carbocycles. The zero-order valence-corrected chi connectivity index (χ0v) is 12.7. The van der Waals surface area contributed by atoms with E-state index in [1.165, 1.54) is 19.5 Å². The number of aryl methyl sites for hydroxylation is 1. The van der Waals surface area contributed by atoms with Gasteiger partial charge in [-0.25, -0.2) is 0 Å². The van der Waals surface area contributed by atoms with Gasteiger partial charge in [0.2, 0.25) is 5.91 Å². The van der Waals surface area contributed by atoms with Gasteiger partial charge in [0, 0.05) is 11.6 Å². The van der Waals surface area contributed by atoms with E-state index in [4.69, 9.17) is 11.6 Å². The molecule has 1 saturated carbocycles. The summed E-state index contributed by atoms with van der Waals surface area (Å²) in [5.41, 5.74) is 2.08. The number of nitrogens with zero attached hydrogens (tertiary/aromatic N) is 1. The van der Waals surface area contributed by atoms with Gasteiger partial charge in [-0.05, 0) is 56.5 Å². The average molecular weight is 293 g/mol. The molecule has 0 spiro atoms. The van der Waals surface area contributed by atoms with Gasteiger partial charge < -0.3 is 10.2 Å². The number of carbonyl (C=O) groups is 1. The molecule has 1 aliphatic heterocycles. The van der Waals surface area contributed by atoms with Crippen molar-refractivity contribution in [3.63, 3.8) is 0 Å². The third kappa shape index (κ3) is 2.99. The Labute approximate surface area is 125 Å². The van der Waals surface area contributed by atoms with Gasteiger partial charge in [-0.3, -0.25) is 4.79 Å². The fraction of sp³-hybridized carbons (Fsp3) is 0.562. The van der Waals surface area contributed by atoms with E-state index in [9.17, 15) is 4.79 Å². The Kier molecular flexibility index (Phi) is 3.74. The molecule has 108 valence electrons. The molecule has 0 atom stereocenters. The second-order valence-corrected chi connectivity index (χ2v) is 6.58. The maximum absolute atomic E-state index is 12.3. The van der Waals surface area contributed by atoms with Crippen molar-refractivity contribution < 1.29 is 4.79 Å². The van der Waals surface area contributed by atoms with Crippen LogP contribution >= 0.6 is 11.6 Å². The number of nitrogens with one attached hydrogen (secondary N) is 1. The van der Waals surface area contributed by atoms with Crippen LogP contribution < -0.4 is 5.32 Å². The number of benzene rings is 1. The van der Waals surface area contributed by atoms with Crippen molar-refractivity contribution >= 4 is 17.5 Å². The monoisotopic (exact) mass is 292 g/mol. The highest BCUT2D eigenvalue weighted by molar-refractivity contribution is 6.31. The molecule has 1 N–H and O–H groups in total. The summed E-state index contributed by atoms with van der Waals surface area (Å²) in [4.78, 5) is 14.7. The molecular formula is C16H21ClN2O. The first-order chi connectivity index (χ1) is 9.58. The lowest BCUT2D eigenvalue weighted by atomic mass is 10.0. The topological polar surface area (TPSA) is 32.3 Å². The van der Waals surface area contributed by atoms with Gasteiger partial charge in [-0.2, -0.15) is 0 Å².